The van der Waals surface area contributed by atoms with Crippen LogP contribution in [-0.4, -0.2) is 19.3 Å². The summed E-state index contributed by atoms with van der Waals surface area (Å²) in [6.45, 7) is 7.88. The minimum absolute atomic E-state index is 0.0930. The molecule has 0 aliphatic carbocycles. The zero-order valence-corrected chi connectivity index (χ0v) is 13.7. The molecule has 1 aromatic carbocycles. The topological polar surface area (TPSA) is 38.7 Å². The summed E-state index contributed by atoms with van der Waals surface area (Å²) >= 11 is 0. The molecule has 4 heteroatoms. The number of aliphatic hydroxyl groups excluding tert-OH is 1. The van der Waals surface area contributed by atoms with Crippen molar-refractivity contribution in [3.63, 3.8) is 0 Å². The molecule has 0 aliphatic heterocycles. The zero-order chi connectivity index (χ0) is 16.2. The van der Waals surface area contributed by atoms with E-state index in [1.165, 1.54) is 20.3 Å². The molecule has 118 valence electrons. The van der Waals surface area contributed by atoms with E-state index in [1.807, 2.05) is 33.8 Å². The minimum Gasteiger partial charge on any atom is -0.508 e. The van der Waals surface area contributed by atoms with Crippen LogP contribution in [0.15, 0.2) is 18.2 Å². The summed E-state index contributed by atoms with van der Waals surface area (Å²) in [6, 6.07) is 3.29. The van der Waals surface area contributed by atoms with Gasteiger partial charge in [0, 0.05) is 19.8 Å². The van der Waals surface area contributed by atoms with E-state index in [2.05, 4.69) is 0 Å². The first-order valence-electron chi connectivity index (χ1n) is 7.05. The Hall–Kier alpha value is -1.39. The van der Waals surface area contributed by atoms with Crippen molar-refractivity contribution in [2.75, 3.05) is 14.2 Å². The molecule has 0 bridgehead atoms. The lowest BCUT2D eigenvalue weighted by Gasteiger charge is -2.24. The summed E-state index contributed by atoms with van der Waals surface area (Å²) in [4.78, 5) is 0. The fourth-order valence-corrected chi connectivity index (χ4v) is 2.16. The van der Waals surface area contributed by atoms with Gasteiger partial charge in [-0.15, -0.1) is 0 Å². The van der Waals surface area contributed by atoms with Crippen LogP contribution in [0.3, 0.4) is 0 Å². The van der Waals surface area contributed by atoms with Gasteiger partial charge in [0.15, 0.2) is 6.29 Å². The summed E-state index contributed by atoms with van der Waals surface area (Å²) in [7, 11) is 2.97. The highest BCUT2D eigenvalue weighted by molar-refractivity contribution is 5.63. The van der Waals surface area contributed by atoms with Crippen LogP contribution in [-0.2, 0) is 14.9 Å². The number of ether oxygens (including phenoxy) is 2. The molecule has 0 radical (unpaired) electrons. The van der Waals surface area contributed by atoms with Gasteiger partial charge in [0.2, 0.25) is 0 Å². The van der Waals surface area contributed by atoms with Crippen LogP contribution in [0.2, 0.25) is 0 Å². The monoisotopic (exact) mass is 296 g/mol. The van der Waals surface area contributed by atoms with E-state index < -0.39 is 12.1 Å². The fourth-order valence-electron chi connectivity index (χ4n) is 2.16. The largest absolute Gasteiger partial charge is 0.508 e. The predicted octanol–water partition coefficient (Wildman–Crippen LogP) is 4.72. The highest BCUT2D eigenvalue weighted by atomic mass is 19.1. The van der Waals surface area contributed by atoms with Gasteiger partial charge in [-0.05, 0) is 35.6 Å². The normalized spacial score (nSPS) is 13.0. The molecule has 0 spiro atoms. The van der Waals surface area contributed by atoms with Gasteiger partial charge < -0.3 is 14.6 Å². The quantitative estimate of drug-likeness (QED) is 0.631. The molecule has 0 aromatic heterocycles. The number of rotatable bonds is 5. The second kappa shape index (κ2) is 7.05. The third-order valence-corrected chi connectivity index (χ3v) is 3.32. The number of methoxy groups -OCH3 is 2. The summed E-state index contributed by atoms with van der Waals surface area (Å²) in [6.07, 6.45) is 1.45. The van der Waals surface area contributed by atoms with Crippen molar-refractivity contribution < 1.29 is 19.0 Å². The molecule has 0 fully saturated rings. The molecule has 0 heterocycles. The Morgan fingerprint density at radius 3 is 2.29 bits per heavy atom. The smallest absolute Gasteiger partial charge is 0.183 e. The number of halogens is 1. The molecule has 3 nitrogen and oxygen atoms in total. The van der Waals surface area contributed by atoms with E-state index in [0.717, 1.165) is 5.56 Å². The van der Waals surface area contributed by atoms with Gasteiger partial charge >= 0.3 is 0 Å². The van der Waals surface area contributed by atoms with E-state index in [1.54, 1.807) is 6.08 Å². The maximum atomic E-state index is 14.5. The molecule has 0 saturated carbocycles. The summed E-state index contributed by atoms with van der Waals surface area (Å²) in [5.41, 5.74) is 1.23. The van der Waals surface area contributed by atoms with Crippen LogP contribution in [0.4, 0.5) is 4.39 Å². The van der Waals surface area contributed by atoms with Crippen LogP contribution in [0.5, 0.6) is 0 Å². The average molecular weight is 296 g/mol. The van der Waals surface area contributed by atoms with Crippen LogP contribution in [0.1, 0.15) is 57.1 Å². The first-order chi connectivity index (χ1) is 9.76. The summed E-state index contributed by atoms with van der Waals surface area (Å²) in [5, 5.41) is 10.1. The van der Waals surface area contributed by atoms with Gasteiger partial charge in [0.25, 0.3) is 0 Å². The van der Waals surface area contributed by atoms with Gasteiger partial charge in [0.05, 0.1) is 5.56 Å². The molecule has 0 aliphatic rings. The molecule has 0 atom stereocenters. The highest BCUT2D eigenvalue weighted by Crippen LogP contribution is 2.34. The fraction of sp³-hybridized carbons (Fsp3) is 0.529. The Balaban J connectivity index is 3.59. The molecule has 0 unspecified atom stereocenters. The molecule has 1 rings (SSSR count). The number of allylic oxidation sites excluding steroid dienone is 1. The SMILES string of the molecule is CC/C=C(/O)c1c(F)cc(C(C)(C)C)cc1C(OC)OC. The third kappa shape index (κ3) is 4.05. The Morgan fingerprint density at radius 2 is 1.86 bits per heavy atom. The second-order valence-electron chi connectivity index (χ2n) is 5.97. The van der Waals surface area contributed by atoms with Crippen LogP contribution in [0, 0.1) is 5.82 Å². The summed E-state index contributed by atoms with van der Waals surface area (Å²) < 4.78 is 25.0. The molecule has 1 aromatic rings. The third-order valence-electron chi connectivity index (χ3n) is 3.32. The van der Waals surface area contributed by atoms with Crippen molar-refractivity contribution in [1.29, 1.82) is 0 Å². The van der Waals surface area contributed by atoms with E-state index in [9.17, 15) is 9.50 Å². The molecule has 21 heavy (non-hydrogen) atoms. The maximum absolute atomic E-state index is 14.5. The number of hydrogen-bond donors (Lipinski definition) is 1. The van der Waals surface area contributed by atoms with Crippen molar-refractivity contribution in [3.8, 4) is 0 Å². The van der Waals surface area contributed by atoms with E-state index >= 15 is 0 Å². The first kappa shape index (κ1) is 17.7. The van der Waals surface area contributed by atoms with Crippen LogP contribution < -0.4 is 0 Å². The average Bonchev–Trinajstić information content (AvgIpc) is 2.38. The molecular formula is C17H25FO3. The Kier molecular flexibility index (Phi) is 5.93. The molecule has 1 N–H and O–H groups in total. The second-order valence-corrected chi connectivity index (χ2v) is 5.97. The van der Waals surface area contributed by atoms with Crippen molar-refractivity contribution >= 4 is 5.76 Å². The predicted molar refractivity (Wildman–Crippen MR) is 82.8 cm³/mol. The molecular weight excluding hydrogens is 271 g/mol. The zero-order valence-electron chi connectivity index (χ0n) is 13.7. The Labute approximate surface area is 126 Å². The van der Waals surface area contributed by atoms with Crippen molar-refractivity contribution in [2.24, 2.45) is 0 Å². The van der Waals surface area contributed by atoms with Crippen molar-refractivity contribution in [2.45, 2.75) is 45.8 Å². The maximum Gasteiger partial charge on any atom is 0.183 e. The van der Waals surface area contributed by atoms with E-state index in [4.69, 9.17) is 9.47 Å². The van der Waals surface area contributed by atoms with Crippen molar-refractivity contribution in [3.05, 3.63) is 40.7 Å². The van der Waals surface area contributed by atoms with E-state index in [0.29, 0.717) is 12.0 Å². The van der Waals surface area contributed by atoms with Crippen molar-refractivity contribution in [1.82, 2.24) is 0 Å². The van der Waals surface area contributed by atoms with Gasteiger partial charge in [0.1, 0.15) is 11.6 Å². The lowest BCUT2D eigenvalue weighted by Crippen LogP contribution is -2.16. The standard InChI is InChI=1S/C17H25FO3/c1-7-8-14(19)15-12(16(20-5)21-6)9-11(10-13(15)18)17(2,3)4/h8-10,16,19H,7H2,1-6H3/b14-8+. The van der Waals surface area contributed by atoms with Gasteiger partial charge in [-0.25, -0.2) is 4.39 Å². The number of benzene rings is 1. The van der Waals surface area contributed by atoms with Gasteiger partial charge in [-0.2, -0.15) is 0 Å². The van der Waals surface area contributed by atoms with Gasteiger partial charge in [-0.3, -0.25) is 0 Å². The minimum atomic E-state index is -0.732. The lowest BCUT2D eigenvalue weighted by molar-refractivity contribution is -0.106. The number of aliphatic hydroxyl groups is 1. The van der Waals surface area contributed by atoms with E-state index in [-0.39, 0.29) is 16.7 Å². The Bertz CT molecular complexity index is 512. The first-order valence-corrected chi connectivity index (χ1v) is 7.05. The van der Waals surface area contributed by atoms with Crippen LogP contribution >= 0.6 is 0 Å². The lowest BCUT2D eigenvalue weighted by atomic mass is 9.84. The molecule has 0 amide bonds. The number of hydrogen-bond acceptors (Lipinski definition) is 3. The van der Waals surface area contributed by atoms with Gasteiger partial charge in [-0.1, -0.05) is 27.7 Å². The Morgan fingerprint density at radius 1 is 1.29 bits per heavy atom. The summed E-state index contributed by atoms with van der Waals surface area (Å²) in [5.74, 6) is -0.566. The van der Waals surface area contributed by atoms with Crippen LogP contribution in [0.25, 0.3) is 5.76 Å². The molecule has 0 saturated heterocycles. The highest BCUT2D eigenvalue weighted by Gasteiger charge is 2.25.